The lowest BCUT2D eigenvalue weighted by molar-refractivity contribution is -0.202. The van der Waals surface area contributed by atoms with Gasteiger partial charge in [-0.1, -0.05) is 45.0 Å². The van der Waals surface area contributed by atoms with E-state index in [0.717, 1.165) is 0 Å². The van der Waals surface area contributed by atoms with E-state index >= 15 is 0 Å². The van der Waals surface area contributed by atoms with Gasteiger partial charge in [-0.05, 0) is 16.5 Å². The lowest BCUT2D eigenvalue weighted by Crippen LogP contribution is -2.48. The Morgan fingerprint density at radius 1 is 1.12 bits per heavy atom. The number of ether oxygens (including phenoxy) is 2. The molecule has 88 valence electrons. The Labute approximate surface area is 97.6 Å². The molecule has 0 aliphatic carbocycles. The van der Waals surface area contributed by atoms with E-state index in [1.807, 2.05) is 0 Å². The van der Waals surface area contributed by atoms with Crippen molar-refractivity contribution in [3.8, 4) is 0 Å². The first-order chi connectivity index (χ1) is 7.48. The Kier molecular flexibility index (Phi) is 2.81. The maximum absolute atomic E-state index is 5.56. The topological polar surface area (TPSA) is 18.5 Å². The van der Waals surface area contributed by atoms with Gasteiger partial charge in [0.25, 0.3) is 0 Å². The minimum absolute atomic E-state index is 0.198. The van der Waals surface area contributed by atoms with Gasteiger partial charge in [0, 0.05) is 7.11 Å². The predicted octanol–water partition coefficient (Wildman–Crippen LogP) is 2.86. The van der Waals surface area contributed by atoms with Crippen LogP contribution in [-0.2, 0) is 20.5 Å². The highest BCUT2D eigenvalue weighted by Crippen LogP contribution is 2.34. The fourth-order valence-electron chi connectivity index (χ4n) is 1.96. The molecule has 0 unspecified atom stereocenters. The first-order valence-corrected chi connectivity index (χ1v) is 5.72. The zero-order valence-corrected chi connectivity index (χ0v) is 10.5. The highest BCUT2D eigenvalue weighted by atomic mass is 16.6. The van der Waals surface area contributed by atoms with Crippen molar-refractivity contribution in [3.63, 3.8) is 0 Å². The largest absolute Gasteiger partial charge is 0.375 e. The first-order valence-electron chi connectivity index (χ1n) is 5.72. The molecule has 1 aromatic carbocycles. The van der Waals surface area contributed by atoms with Crippen molar-refractivity contribution in [2.75, 3.05) is 20.3 Å². The molecular formula is C14H20O2. The Hall–Kier alpha value is -0.860. The van der Waals surface area contributed by atoms with Crippen LogP contribution in [0.2, 0.25) is 0 Å². The molecule has 0 atom stereocenters. The normalized spacial score (nSPS) is 19.2. The molecular weight excluding hydrogens is 200 g/mol. The van der Waals surface area contributed by atoms with E-state index in [1.54, 1.807) is 7.11 Å². The summed E-state index contributed by atoms with van der Waals surface area (Å²) in [6, 6.07) is 8.70. The minimum atomic E-state index is -0.198. The van der Waals surface area contributed by atoms with Gasteiger partial charge in [-0.3, -0.25) is 0 Å². The van der Waals surface area contributed by atoms with Gasteiger partial charge in [-0.2, -0.15) is 0 Å². The summed E-state index contributed by atoms with van der Waals surface area (Å²) in [5.74, 6) is 0. The van der Waals surface area contributed by atoms with Crippen molar-refractivity contribution in [3.05, 3.63) is 35.4 Å². The zero-order chi connectivity index (χ0) is 11.8. The second-order valence-electron chi connectivity index (χ2n) is 5.52. The molecule has 1 aliphatic heterocycles. The molecule has 1 heterocycles. The molecule has 0 amide bonds. The highest BCUT2D eigenvalue weighted by molar-refractivity contribution is 5.32. The van der Waals surface area contributed by atoms with Crippen LogP contribution >= 0.6 is 0 Å². The maximum atomic E-state index is 5.56. The average Bonchev–Trinajstić information content (AvgIpc) is 2.16. The molecule has 1 aromatic rings. The highest BCUT2D eigenvalue weighted by Gasteiger charge is 2.40. The summed E-state index contributed by atoms with van der Waals surface area (Å²) in [5, 5.41) is 0. The van der Waals surface area contributed by atoms with Gasteiger partial charge < -0.3 is 9.47 Å². The van der Waals surface area contributed by atoms with Crippen LogP contribution in [0.15, 0.2) is 24.3 Å². The number of rotatable bonds is 2. The molecule has 2 heteroatoms. The predicted molar refractivity (Wildman–Crippen MR) is 64.6 cm³/mol. The third-order valence-electron chi connectivity index (χ3n) is 3.34. The molecule has 2 rings (SSSR count). The first kappa shape index (κ1) is 11.6. The second kappa shape index (κ2) is 3.86. The summed E-state index contributed by atoms with van der Waals surface area (Å²) in [5.41, 5.74) is 2.57. The van der Waals surface area contributed by atoms with Crippen LogP contribution in [0.5, 0.6) is 0 Å². The number of hydrogen-bond donors (Lipinski definition) is 0. The SMILES string of the molecule is COC1(c2ccc(C(C)(C)C)cc2)COC1. The standard InChI is InChI=1S/C14H20O2/c1-13(2,3)11-5-7-12(8-6-11)14(15-4)9-16-10-14/h5-8H,9-10H2,1-4H3. The lowest BCUT2D eigenvalue weighted by Gasteiger charge is -2.40. The molecule has 2 nitrogen and oxygen atoms in total. The van der Waals surface area contributed by atoms with E-state index in [4.69, 9.17) is 9.47 Å². The van der Waals surface area contributed by atoms with Crippen molar-refractivity contribution < 1.29 is 9.47 Å². The van der Waals surface area contributed by atoms with Crippen LogP contribution in [0.3, 0.4) is 0 Å². The Balaban J connectivity index is 2.26. The monoisotopic (exact) mass is 220 g/mol. The van der Waals surface area contributed by atoms with E-state index < -0.39 is 0 Å². The summed E-state index contributed by atoms with van der Waals surface area (Å²) in [6.45, 7) is 8.00. The van der Waals surface area contributed by atoms with Crippen molar-refractivity contribution in [1.29, 1.82) is 0 Å². The number of methoxy groups -OCH3 is 1. The fraction of sp³-hybridized carbons (Fsp3) is 0.571. The average molecular weight is 220 g/mol. The van der Waals surface area contributed by atoms with E-state index in [1.165, 1.54) is 11.1 Å². The van der Waals surface area contributed by atoms with Crippen LogP contribution in [0.1, 0.15) is 31.9 Å². The molecule has 16 heavy (non-hydrogen) atoms. The smallest absolute Gasteiger partial charge is 0.139 e. The van der Waals surface area contributed by atoms with Crippen molar-refractivity contribution >= 4 is 0 Å². The van der Waals surface area contributed by atoms with Crippen LogP contribution in [0.25, 0.3) is 0 Å². The second-order valence-corrected chi connectivity index (χ2v) is 5.52. The van der Waals surface area contributed by atoms with Crippen LogP contribution in [-0.4, -0.2) is 20.3 Å². The zero-order valence-electron chi connectivity index (χ0n) is 10.5. The van der Waals surface area contributed by atoms with Crippen molar-refractivity contribution in [2.45, 2.75) is 31.8 Å². The molecule has 1 saturated heterocycles. The van der Waals surface area contributed by atoms with Gasteiger partial charge in [0.05, 0.1) is 13.2 Å². The maximum Gasteiger partial charge on any atom is 0.139 e. The lowest BCUT2D eigenvalue weighted by atomic mass is 9.84. The van der Waals surface area contributed by atoms with Crippen LogP contribution < -0.4 is 0 Å². The number of benzene rings is 1. The summed E-state index contributed by atoms with van der Waals surface area (Å²) in [4.78, 5) is 0. The molecule has 0 saturated carbocycles. The summed E-state index contributed by atoms with van der Waals surface area (Å²) >= 11 is 0. The number of hydrogen-bond acceptors (Lipinski definition) is 2. The van der Waals surface area contributed by atoms with Gasteiger partial charge in [0.15, 0.2) is 0 Å². The minimum Gasteiger partial charge on any atom is -0.375 e. The van der Waals surface area contributed by atoms with E-state index in [-0.39, 0.29) is 11.0 Å². The Bertz CT molecular complexity index is 350. The molecule has 0 radical (unpaired) electrons. The van der Waals surface area contributed by atoms with Crippen molar-refractivity contribution in [2.24, 2.45) is 0 Å². The molecule has 1 fully saturated rings. The molecule has 0 bridgehead atoms. The van der Waals surface area contributed by atoms with Crippen molar-refractivity contribution in [1.82, 2.24) is 0 Å². The van der Waals surface area contributed by atoms with Gasteiger partial charge >= 0.3 is 0 Å². The Morgan fingerprint density at radius 3 is 2.00 bits per heavy atom. The van der Waals surface area contributed by atoms with Crippen LogP contribution in [0.4, 0.5) is 0 Å². The fourth-order valence-corrected chi connectivity index (χ4v) is 1.96. The van der Waals surface area contributed by atoms with E-state index in [2.05, 4.69) is 45.0 Å². The molecule has 0 spiro atoms. The van der Waals surface area contributed by atoms with Crippen LogP contribution in [0, 0.1) is 0 Å². The quantitative estimate of drug-likeness (QED) is 0.763. The van der Waals surface area contributed by atoms with Gasteiger partial charge in [-0.15, -0.1) is 0 Å². The summed E-state index contributed by atoms with van der Waals surface area (Å²) in [6.07, 6.45) is 0. The van der Waals surface area contributed by atoms with Gasteiger partial charge in [-0.25, -0.2) is 0 Å². The van der Waals surface area contributed by atoms with Gasteiger partial charge in [0.2, 0.25) is 0 Å². The summed E-state index contributed by atoms with van der Waals surface area (Å²) in [7, 11) is 1.75. The molecule has 1 aliphatic rings. The van der Waals surface area contributed by atoms with E-state index in [9.17, 15) is 0 Å². The van der Waals surface area contributed by atoms with Gasteiger partial charge in [0.1, 0.15) is 5.60 Å². The third kappa shape index (κ3) is 1.87. The Morgan fingerprint density at radius 2 is 1.69 bits per heavy atom. The summed E-state index contributed by atoms with van der Waals surface area (Å²) < 4.78 is 10.8. The molecule has 0 aromatic heterocycles. The molecule has 0 N–H and O–H groups in total. The third-order valence-corrected chi connectivity index (χ3v) is 3.34. The van der Waals surface area contributed by atoms with E-state index in [0.29, 0.717) is 13.2 Å².